The average Bonchev–Trinajstić information content (AvgIpc) is 3.07. The van der Waals surface area contributed by atoms with Crippen molar-refractivity contribution in [2.24, 2.45) is 0 Å². The Morgan fingerprint density at radius 3 is 2.74 bits per heavy atom. The number of sulfonamides is 1. The van der Waals surface area contributed by atoms with Crippen molar-refractivity contribution < 1.29 is 8.42 Å². The molecule has 0 aliphatic heterocycles. The molecule has 0 saturated heterocycles. The second kappa shape index (κ2) is 6.45. The third-order valence-corrected chi connectivity index (χ3v) is 5.84. The van der Waals surface area contributed by atoms with Crippen molar-refractivity contribution >= 4 is 10.0 Å². The summed E-state index contributed by atoms with van der Waals surface area (Å²) in [6.45, 7) is 5.51. The molecule has 1 N–H and O–H groups in total. The summed E-state index contributed by atoms with van der Waals surface area (Å²) >= 11 is 0. The highest BCUT2D eigenvalue weighted by atomic mass is 32.2. The maximum atomic E-state index is 12.3. The average molecular weight is 337 g/mol. The van der Waals surface area contributed by atoms with Crippen LogP contribution < -0.4 is 4.72 Å². The van der Waals surface area contributed by atoms with Gasteiger partial charge in [0.05, 0.1) is 6.20 Å². The number of hydrogen-bond acceptors (Lipinski definition) is 4. The van der Waals surface area contributed by atoms with E-state index in [1.54, 1.807) is 10.9 Å². The van der Waals surface area contributed by atoms with Gasteiger partial charge in [-0.1, -0.05) is 6.42 Å². The summed E-state index contributed by atoms with van der Waals surface area (Å²) in [4.78, 5) is 4.71. The quantitative estimate of drug-likeness (QED) is 0.833. The van der Waals surface area contributed by atoms with E-state index in [1.165, 1.54) is 25.5 Å². The van der Waals surface area contributed by atoms with Crippen LogP contribution in [0.3, 0.4) is 0 Å². The zero-order valence-corrected chi connectivity index (χ0v) is 14.4. The van der Waals surface area contributed by atoms with Crippen molar-refractivity contribution in [1.82, 2.24) is 24.1 Å². The molecule has 0 unspecified atom stereocenters. The normalized spacial score (nSPS) is 15.7. The van der Waals surface area contributed by atoms with Crippen LogP contribution in [0.5, 0.6) is 0 Å². The summed E-state index contributed by atoms with van der Waals surface area (Å²) < 4.78 is 30.9. The molecule has 0 aromatic carbocycles. The fraction of sp³-hybridized carbons (Fsp3) is 0.600. The minimum absolute atomic E-state index is 0.209. The van der Waals surface area contributed by atoms with Gasteiger partial charge >= 0.3 is 0 Å². The highest BCUT2D eigenvalue weighted by Crippen LogP contribution is 2.35. The maximum Gasteiger partial charge on any atom is 0.243 e. The van der Waals surface area contributed by atoms with Crippen molar-refractivity contribution in [1.29, 1.82) is 0 Å². The molecule has 2 heterocycles. The number of aryl methyl sites for hydroxylation is 2. The summed E-state index contributed by atoms with van der Waals surface area (Å²) in [7, 11) is -3.51. The lowest BCUT2D eigenvalue weighted by molar-refractivity contribution is 0.385. The number of nitrogens with zero attached hydrogens (tertiary/aromatic N) is 4. The molecule has 2 aromatic heterocycles. The summed E-state index contributed by atoms with van der Waals surface area (Å²) in [6, 6.07) is 0. The molecule has 0 spiro atoms. The van der Waals surface area contributed by atoms with E-state index in [0.717, 1.165) is 11.5 Å². The smallest absolute Gasteiger partial charge is 0.243 e. The molecule has 2 aromatic rings. The van der Waals surface area contributed by atoms with Crippen molar-refractivity contribution in [2.75, 3.05) is 6.54 Å². The number of imidazole rings is 1. The Hall–Kier alpha value is -1.67. The molecule has 7 nitrogen and oxygen atoms in total. The van der Waals surface area contributed by atoms with Crippen molar-refractivity contribution in [3.8, 4) is 0 Å². The first kappa shape index (κ1) is 16.2. The number of nitrogens with one attached hydrogen (secondary N) is 1. The van der Waals surface area contributed by atoms with Gasteiger partial charge in [0.1, 0.15) is 10.7 Å². The molecular formula is C15H23N5O2S. The Labute approximate surface area is 136 Å². The number of rotatable bonds is 7. The van der Waals surface area contributed by atoms with Gasteiger partial charge in [-0.25, -0.2) is 18.1 Å². The lowest BCUT2D eigenvalue weighted by atomic mass is 9.85. The van der Waals surface area contributed by atoms with Crippen molar-refractivity contribution in [2.45, 2.75) is 57.0 Å². The zero-order chi connectivity index (χ0) is 16.4. The van der Waals surface area contributed by atoms with Gasteiger partial charge in [-0.3, -0.25) is 4.68 Å². The molecule has 1 aliphatic rings. The topological polar surface area (TPSA) is 81.8 Å². The fourth-order valence-corrected chi connectivity index (χ4v) is 3.77. The monoisotopic (exact) mass is 337 g/mol. The molecule has 1 aliphatic carbocycles. The third-order valence-electron chi connectivity index (χ3n) is 4.43. The molecule has 23 heavy (non-hydrogen) atoms. The predicted molar refractivity (Wildman–Crippen MR) is 86.6 cm³/mol. The first-order valence-corrected chi connectivity index (χ1v) is 9.53. The van der Waals surface area contributed by atoms with Crippen LogP contribution in [0.1, 0.15) is 43.6 Å². The Kier molecular flexibility index (Phi) is 4.54. The van der Waals surface area contributed by atoms with Crippen LogP contribution in [0.4, 0.5) is 0 Å². The predicted octanol–water partition coefficient (Wildman–Crippen LogP) is 1.65. The van der Waals surface area contributed by atoms with Crippen LogP contribution in [0.25, 0.3) is 0 Å². The van der Waals surface area contributed by atoms with Gasteiger partial charge in [-0.05, 0) is 26.7 Å². The minimum Gasteiger partial charge on any atom is -0.331 e. The zero-order valence-electron chi connectivity index (χ0n) is 13.6. The molecule has 0 radical (unpaired) electrons. The first-order chi connectivity index (χ1) is 11.0. The van der Waals surface area contributed by atoms with Gasteiger partial charge in [0.25, 0.3) is 0 Å². The van der Waals surface area contributed by atoms with E-state index in [1.807, 2.05) is 20.0 Å². The van der Waals surface area contributed by atoms with Crippen LogP contribution >= 0.6 is 0 Å². The van der Waals surface area contributed by atoms with E-state index >= 15 is 0 Å². The van der Waals surface area contributed by atoms with Crippen molar-refractivity contribution in [3.63, 3.8) is 0 Å². The highest BCUT2D eigenvalue weighted by Gasteiger charge is 2.25. The van der Waals surface area contributed by atoms with E-state index in [9.17, 15) is 8.42 Å². The van der Waals surface area contributed by atoms with E-state index in [-0.39, 0.29) is 4.90 Å². The van der Waals surface area contributed by atoms with E-state index in [4.69, 9.17) is 0 Å². The highest BCUT2D eigenvalue weighted by molar-refractivity contribution is 7.89. The first-order valence-electron chi connectivity index (χ1n) is 8.05. The molecule has 1 saturated carbocycles. The molecular weight excluding hydrogens is 314 g/mol. The minimum atomic E-state index is -3.51. The van der Waals surface area contributed by atoms with Gasteiger partial charge in [-0.15, -0.1) is 0 Å². The second-order valence-corrected chi connectivity index (χ2v) is 7.73. The van der Waals surface area contributed by atoms with E-state index < -0.39 is 10.0 Å². The van der Waals surface area contributed by atoms with Gasteiger partial charge in [0.15, 0.2) is 0 Å². The van der Waals surface area contributed by atoms with Crippen LogP contribution in [-0.2, 0) is 23.1 Å². The van der Waals surface area contributed by atoms with Crippen LogP contribution in [0.2, 0.25) is 0 Å². The number of hydrogen-bond donors (Lipinski definition) is 1. The lowest BCUT2D eigenvalue weighted by Gasteiger charge is -2.26. The molecule has 1 fully saturated rings. The van der Waals surface area contributed by atoms with E-state index in [2.05, 4.69) is 19.4 Å². The standard InChI is InChI=1S/C15H23N5O2S/c1-3-19-11-14(10-17-19)23(21,22)18-7-8-20-12(2)9-16-15(20)13-5-4-6-13/h9-11,13,18H,3-8H2,1-2H3. The lowest BCUT2D eigenvalue weighted by Crippen LogP contribution is -2.28. The molecule has 126 valence electrons. The summed E-state index contributed by atoms with van der Waals surface area (Å²) in [5.74, 6) is 1.62. The van der Waals surface area contributed by atoms with Crippen molar-refractivity contribution in [3.05, 3.63) is 30.1 Å². The Bertz CT molecular complexity index is 774. The molecule has 3 rings (SSSR count). The van der Waals surface area contributed by atoms with Crippen LogP contribution in [-0.4, -0.2) is 34.3 Å². The largest absolute Gasteiger partial charge is 0.331 e. The maximum absolute atomic E-state index is 12.3. The van der Waals surface area contributed by atoms with Gasteiger partial charge in [0.2, 0.25) is 10.0 Å². The fourth-order valence-electron chi connectivity index (χ4n) is 2.79. The van der Waals surface area contributed by atoms with Gasteiger partial charge in [0, 0.05) is 43.6 Å². The van der Waals surface area contributed by atoms with E-state index in [0.29, 0.717) is 25.6 Å². The van der Waals surface area contributed by atoms with Crippen LogP contribution in [0.15, 0.2) is 23.5 Å². The number of aromatic nitrogens is 4. The van der Waals surface area contributed by atoms with Crippen LogP contribution in [0, 0.1) is 6.92 Å². The Morgan fingerprint density at radius 1 is 1.35 bits per heavy atom. The molecule has 0 amide bonds. The van der Waals surface area contributed by atoms with Gasteiger partial charge in [-0.2, -0.15) is 5.10 Å². The summed E-state index contributed by atoms with van der Waals surface area (Å²) in [6.07, 6.45) is 8.41. The summed E-state index contributed by atoms with van der Waals surface area (Å²) in [5.41, 5.74) is 1.07. The Morgan fingerprint density at radius 2 is 2.13 bits per heavy atom. The SMILES string of the molecule is CCn1cc(S(=O)(=O)NCCn2c(C)cnc2C2CCC2)cn1. The second-order valence-electron chi connectivity index (χ2n) is 5.97. The Balaban J connectivity index is 1.64. The third kappa shape index (κ3) is 3.32. The molecule has 0 atom stereocenters. The molecule has 8 heteroatoms. The summed E-state index contributed by atoms with van der Waals surface area (Å²) in [5, 5.41) is 4.01. The van der Waals surface area contributed by atoms with Gasteiger partial charge < -0.3 is 4.57 Å². The molecule has 0 bridgehead atoms.